The van der Waals surface area contributed by atoms with Gasteiger partial charge in [-0.25, -0.2) is 14.1 Å². The number of anilines is 1. The summed E-state index contributed by atoms with van der Waals surface area (Å²) in [6.07, 6.45) is 8.37. The maximum absolute atomic E-state index is 14.0. The molecule has 5 aliphatic heterocycles. The molecular formula is C55H54N6O7S. The highest BCUT2D eigenvalue weighted by Crippen LogP contribution is 2.49. The predicted octanol–water partition coefficient (Wildman–Crippen LogP) is 5.71. The van der Waals surface area contributed by atoms with Crippen LogP contribution in [0.25, 0.3) is 22.5 Å². The number of carboxylic acids is 1. The molecule has 0 saturated carbocycles. The summed E-state index contributed by atoms with van der Waals surface area (Å²) in [5.74, 6) is -0.236. The van der Waals surface area contributed by atoms with E-state index < -0.39 is 5.97 Å². The van der Waals surface area contributed by atoms with Crippen LogP contribution in [0.3, 0.4) is 0 Å². The van der Waals surface area contributed by atoms with Crippen LogP contribution in [0.15, 0.2) is 89.8 Å². The van der Waals surface area contributed by atoms with E-state index in [4.69, 9.17) is 19.1 Å². The summed E-state index contributed by atoms with van der Waals surface area (Å²) in [6.45, 7) is 6.49. The second-order valence-corrected chi connectivity index (χ2v) is 19.4. The highest BCUT2D eigenvalue weighted by atomic mass is 32.2. The first-order valence-corrected chi connectivity index (χ1v) is 24.9. The SMILES string of the molecule is COOSc1ccc(-n2nc(CCC(=O)NCCNC(=O)c3ccc(C(=O)[O-])c(C4=c5cc6c7c(c5Oc5c4cc4c8c5CCCN8CCC4)CCC[N+]=7CCC6)c3)cc2-c2ccc(C)cc2)cc1. The van der Waals surface area contributed by atoms with Crippen LogP contribution in [0, 0.1) is 6.92 Å². The van der Waals surface area contributed by atoms with Crippen LogP contribution < -0.4 is 40.5 Å². The number of hydrogen-bond donors (Lipinski definition) is 2. The van der Waals surface area contributed by atoms with E-state index in [2.05, 4.69) is 56.5 Å². The van der Waals surface area contributed by atoms with Crippen molar-refractivity contribution in [2.75, 3.05) is 51.3 Å². The molecule has 11 rings (SSSR count). The van der Waals surface area contributed by atoms with Crippen LogP contribution in [-0.2, 0) is 46.1 Å². The molecule has 6 aromatic rings. The van der Waals surface area contributed by atoms with E-state index >= 15 is 0 Å². The summed E-state index contributed by atoms with van der Waals surface area (Å²) in [5, 5.41) is 26.0. The molecule has 0 saturated heterocycles. The fourth-order valence-corrected chi connectivity index (χ4v) is 11.5. The van der Waals surface area contributed by atoms with Gasteiger partial charge in [0.1, 0.15) is 24.6 Å². The lowest BCUT2D eigenvalue weighted by atomic mass is 9.81. The largest absolute Gasteiger partial charge is 0.545 e. The molecule has 0 unspecified atom stereocenters. The van der Waals surface area contributed by atoms with E-state index in [0.717, 1.165) is 151 Å². The number of nitrogens with zero attached hydrogens (tertiary/aromatic N) is 4. The van der Waals surface area contributed by atoms with Crippen molar-refractivity contribution in [2.24, 2.45) is 0 Å². The highest BCUT2D eigenvalue weighted by Gasteiger charge is 2.36. The Morgan fingerprint density at radius 3 is 2.36 bits per heavy atom. The number of rotatable bonds is 14. The summed E-state index contributed by atoms with van der Waals surface area (Å²) in [7, 11) is 1.46. The topological polar surface area (TPSA) is 150 Å². The fraction of sp³-hybridized carbons (Fsp3) is 0.327. The van der Waals surface area contributed by atoms with Gasteiger partial charge in [-0.05, 0) is 111 Å². The average molecular weight is 943 g/mol. The summed E-state index contributed by atoms with van der Waals surface area (Å²) in [4.78, 5) is 48.3. The van der Waals surface area contributed by atoms with Crippen molar-refractivity contribution < 1.29 is 33.4 Å². The van der Waals surface area contributed by atoms with Crippen molar-refractivity contribution in [3.8, 4) is 28.4 Å². The minimum atomic E-state index is -1.31. The van der Waals surface area contributed by atoms with Crippen LogP contribution in [0.2, 0.25) is 0 Å². The smallest absolute Gasteiger partial charge is 0.251 e. The predicted molar refractivity (Wildman–Crippen MR) is 262 cm³/mol. The van der Waals surface area contributed by atoms with Gasteiger partial charge < -0.3 is 30.2 Å². The molecule has 69 heavy (non-hydrogen) atoms. The molecular weight excluding hydrogens is 889 g/mol. The molecule has 2 N–H and O–H groups in total. The van der Waals surface area contributed by atoms with Gasteiger partial charge in [-0.15, -0.1) is 0 Å². The van der Waals surface area contributed by atoms with E-state index in [1.165, 1.54) is 46.5 Å². The molecule has 0 fully saturated rings. The quantitative estimate of drug-likeness (QED) is 0.0457. The first-order valence-electron chi connectivity index (χ1n) is 24.2. The van der Waals surface area contributed by atoms with Gasteiger partial charge in [0.25, 0.3) is 5.91 Å². The van der Waals surface area contributed by atoms with E-state index in [1.807, 2.05) is 41.9 Å². The monoisotopic (exact) mass is 942 g/mol. The molecule has 5 aromatic carbocycles. The molecule has 0 radical (unpaired) electrons. The van der Waals surface area contributed by atoms with Crippen molar-refractivity contribution in [3.05, 3.63) is 151 Å². The number of fused-ring (bicyclic) bond motifs is 4. The van der Waals surface area contributed by atoms with Crippen LogP contribution in [0.1, 0.15) is 97.5 Å². The molecule has 1 aromatic heterocycles. The number of carbonyl (C=O) groups excluding carboxylic acids is 3. The van der Waals surface area contributed by atoms with Gasteiger partial charge in [-0.3, -0.25) is 9.59 Å². The van der Waals surface area contributed by atoms with Crippen LogP contribution >= 0.6 is 12.0 Å². The molecule has 13 nitrogen and oxygen atoms in total. The lowest BCUT2D eigenvalue weighted by molar-refractivity contribution is -0.255. The number of aryl methyl sites for hydroxylation is 4. The zero-order valence-electron chi connectivity index (χ0n) is 39.0. The molecule has 5 aliphatic rings. The van der Waals surface area contributed by atoms with Gasteiger partial charge in [-0.1, -0.05) is 35.9 Å². The standard InChI is InChI=1S/C55H54N6O7S/c1-33-11-13-34(14-12-33)47-32-38(58-61(47)39-17-19-40(20-18-39)69-68-66-2)16-22-48(62)56-23-24-57-54(63)37-15-21-41(55(64)65)44(31-37)49-45-29-35-7-3-25-59-27-5-9-42(50(35)59)52(45)67-53-43-10-6-28-60-26-4-8-36(51(43)60)30-46(49)53/h11-15,17-21,29-32H,3-10,16,22-28H2,1-2H3,(H2-,56,57,62,63,64,65). The van der Waals surface area contributed by atoms with E-state index in [-0.39, 0.29) is 36.9 Å². The second kappa shape index (κ2) is 19.0. The van der Waals surface area contributed by atoms with Gasteiger partial charge in [0.05, 0.1) is 47.8 Å². The van der Waals surface area contributed by atoms with Gasteiger partial charge in [-0.2, -0.15) is 9.43 Å². The Morgan fingerprint density at radius 1 is 0.812 bits per heavy atom. The molecule has 14 heteroatoms. The summed E-state index contributed by atoms with van der Waals surface area (Å²) in [5.41, 5.74) is 13.3. The number of aromatic carboxylic acids is 1. The third-order valence-electron chi connectivity index (χ3n) is 14.2. The number of carboxylic acid groups (broad SMARTS) is 1. The van der Waals surface area contributed by atoms with Gasteiger partial charge >= 0.3 is 0 Å². The summed E-state index contributed by atoms with van der Waals surface area (Å²) >= 11 is 1.12. The number of ether oxygens (including phenoxy) is 1. The Hall–Kier alpha value is -6.74. The van der Waals surface area contributed by atoms with Crippen molar-refractivity contribution in [3.63, 3.8) is 0 Å². The molecule has 352 valence electrons. The molecule has 0 aliphatic carbocycles. The van der Waals surface area contributed by atoms with Crippen LogP contribution in [0.5, 0.6) is 11.5 Å². The normalized spacial score (nSPS) is 15.4. The lowest BCUT2D eigenvalue weighted by Crippen LogP contribution is -2.45. The number of amides is 2. The number of carbonyl (C=O) groups is 3. The highest BCUT2D eigenvalue weighted by molar-refractivity contribution is 7.94. The fourth-order valence-electron chi connectivity index (χ4n) is 11.1. The van der Waals surface area contributed by atoms with E-state index in [0.29, 0.717) is 17.5 Å². The number of nitrogens with one attached hydrogen (secondary N) is 2. The van der Waals surface area contributed by atoms with Gasteiger partial charge in [0.2, 0.25) is 11.3 Å². The second-order valence-electron chi connectivity index (χ2n) is 18.6. The first-order chi connectivity index (χ1) is 33.7. The Kier molecular flexibility index (Phi) is 12.3. The summed E-state index contributed by atoms with van der Waals surface area (Å²) in [6, 6.07) is 27.2. The van der Waals surface area contributed by atoms with Crippen molar-refractivity contribution in [1.29, 1.82) is 0 Å². The van der Waals surface area contributed by atoms with Crippen LogP contribution in [-0.4, -0.2) is 73.9 Å². The first kappa shape index (κ1) is 44.7. The Balaban J connectivity index is 0.837. The lowest BCUT2D eigenvalue weighted by Gasteiger charge is -2.39. The molecule has 0 bridgehead atoms. The Morgan fingerprint density at radius 2 is 1.57 bits per heavy atom. The van der Waals surface area contributed by atoms with Crippen molar-refractivity contribution in [2.45, 2.75) is 76.0 Å². The number of hydrogen-bond acceptors (Lipinski definition) is 10. The van der Waals surface area contributed by atoms with Gasteiger partial charge in [0, 0.05) is 107 Å². The number of benzene rings is 5. The van der Waals surface area contributed by atoms with Crippen molar-refractivity contribution in [1.82, 2.24) is 25.0 Å². The zero-order valence-corrected chi connectivity index (χ0v) is 39.8. The Bertz CT molecular complexity index is 3180. The maximum Gasteiger partial charge on any atom is 0.251 e. The summed E-state index contributed by atoms with van der Waals surface area (Å²) < 4.78 is 16.6. The molecule has 0 spiro atoms. The third kappa shape index (κ3) is 8.59. The minimum absolute atomic E-state index is 0.0227. The zero-order chi connectivity index (χ0) is 47.2. The van der Waals surface area contributed by atoms with E-state index in [9.17, 15) is 19.5 Å². The van der Waals surface area contributed by atoms with Crippen LogP contribution in [0.4, 0.5) is 5.69 Å². The molecule has 6 heterocycles. The Labute approximate surface area is 404 Å². The minimum Gasteiger partial charge on any atom is -0.545 e. The van der Waals surface area contributed by atoms with E-state index in [1.54, 1.807) is 12.1 Å². The third-order valence-corrected chi connectivity index (χ3v) is 14.9. The molecule has 2 amide bonds. The molecule has 0 atom stereocenters. The van der Waals surface area contributed by atoms with Crippen molar-refractivity contribution >= 4 is 41.1 Å². The average Bonchev–Trinajstić information content (AvgIpc) is 3.80. The number of aromatic nitrogens is 2. The maximum atomic E-state index is 14.0. The van der Waals surface area contributed by atoms with Gasteiger partial charge in [0.15, 0.2) is 0 Å².